The van der Waals surface area contributed by atoms with Gasteiger partial charge < -0.3 is 19.9 Å². The molecule has 0 aliphatic carbocycles. The smallest absolute Gasteiger partial charge is 0.422 e. The molecule has 1 aliphatic heterocycles. The monoisotopic (exact) mass is 291 g/mol. The summed E-state index contributed by atoms with van der Waals surface area (Å²) in [5.41, 5.74) is 5.73. The summed E-state index contributed by atoms with van der Waals surface area (Å²) in [5.74, 6) is 0.426. The summed E-state index contributed by atoms with van der Waals surface area (Å²) < 4.78 is 52.0. The van der Waals surface area contributed by atoms with Gasteiger partial charge in [0.2, 0.25) is 0 Å². The normalized spacial score (nSPS) is 16.9. The Labute approximate surface area is 114 Å². The van der Waals surface area contributed by atoms with E-state index in [0.29, 0.717) is 19.0 Å². The van der Waals surface area contributed by atoms with E-state index >= 15 is 0 Å². The van der Waals surface area contributed by atoms with E-state index in [1.54, 1.807) is 6.07 Å². The molecule has 2 rings (SSSR count). The van der Waals surface area contributed by atoms with Gasteiger partial charge in [-0.05, 0) is 12.1 Å². The molecular formula is C13H16F3NO3. The number of halogens is 3. The van der Waals surface area contributed by atoms with Crippen molar-refractivity contribution in [2.75, 3.05) is 25.6 Å². The van der Waals surface area contributed by atoms with Crippen LogP contribution in [0.2, 0.25) is 0 Å². The zero-order valence-corrected chi connectivity index (χ0v) is 10.8. The third-order valence-electron chi connectivity index (χ3n) is 2.85. The lowest BCUT2D eigenvalue weighted by Crippen LogP contribution is -2.26. The van der Waals surface area contributed by atoms with Crippen molar-refractivity contribution in [3.8, 4) is 11.5 Å². The molecule has 0 aromatic heterocycles. The Morgan fingerprint density at radius 2 is 1.95 bits per heavy atom. The zero-order valence-electron chi connectivity index (χ0n) is 10.8. The van der Waals surface area contributed by atoms with Crippen LogP contribution >= 0.6 is 0 Å². The van der Waals surface area contributed by atoms with Crippen molar-refractivity contribution >= 4 is 5.69 Å². The summed E-state index contributed by atoms with van der Waals surface area (Å²) in [5, 5.41) is 0. The van der Waals surface area contributed by atoms with E-state index in [9.17, 15) is 13.2 Å². The van der Waals surface area contributed by atoms with Crippen molar-refractivity contribution in [3.63, 3.8) is 0 Å². The maximum absolute atomic E-state index is 12.1. The molecule has 1 aromatic rings. The van der Waals surface area contributed by atoms with Crippen LogP contribution in [0.4, 0.5) is 18.9 Å². The van der Waals surface area contributed by atoms with Gasteiger partial charge in [0.05, 0.1) is 18.9 Å². The van der Waals surface area contributed by atoms with Gasteiger partial charge in [0.1, 0.15) is 17.6 Å². The average Bonchev–Trinajstić information content (AvgIpc) is 2.40. The first kappa shape index (κ1) is 14.8. The van der Waals surface area contributed by atoms with Crippen molar-refractivity contribution in [2.45, 2.75) is 25.1 Å². The first-order valence-corrected chi connectivity index (χ1v) is 6.27. The summed E-state index contributed by atoms with van der Waals surface area (Å²) in [6.07, 6.45) is -2.89. The molecule has 0 atom stereocenters. The van der Waals surface area contributed by atoms with Crippen molar-refractivity contribution < 1.29 is 27.4 Å². The molecule has 4 nitrogen and oxygen atoms in total. The van der Waals surface area contributed by atoms with Crippen molar-refractivity contribution in [2.24, 2.45) is 0 Å². The second-order valence-corrected chi connectivity index (χ2v) is 4.53. The van der Waals surface area contributed by atoms with E-state index < -0.39 is 12.8 Å². The fourth-order valence-corrected chi connectivity index (χ4v) is 1.86. The van der Waals surface area contributed by atoms with Crippen LogP contribution in [0, 0.1) is 0 Å². The van der Waals surface area contributed by atoms with Crippen LogP contribution in [0.15, 0.2) is 18.2 Å². The fourth-order valence-electron chi connectivity index (χ4n) is 1.86. The minimum atomic E-state index is -4.40. The maximum atomic E-state index is 12.1. The Bertz CT molecular complexity index is 445. The number of rotatable bonds is 4. The minimum Gasteiger partial charge on any atom is -0.490 e. The second-order valence-electron chi connectivity index (χ2n) is 4.53. The molecule has 1 heterocycles. The highest BCUT2D eigenvalue weighted by molar-refractivity contribution is 5.55. The standard InChI is InChI=1S/C13H16F3NO3/c14-13(15,16)8-19-12-7-10(1-2-11(12)17)20-9-3-5-18-6-4-9/h1-2,7,9H,3-6,8,17H2. The molecule has 0 spiro atoms. The third kappa shape index (κ3) is 4.48. The quantitative estimate of drug-likeness (QED) is 0.867. The number of nitrogens with two attached hydrogens (primary N) is 1. The molecular weight excluding hydrogens is 275 g/mol. The van der Waals surface area contributed by atoms with E-state index in [0.717, 1.165) is 12.8 Å². The highest BCUT2D eigenvalue weighted by atomic mass is 19.4. The van der Waals surface area contributed by atoms with Crippen LogP contribution in [-0.4, -0.2) is 32.1 Å². The molecule has 2 N–H and O–H groups in total. The molecule has 0 unspecified atom stereocenters. The van der Waals surface area contributed by atoms with Crippen molar-refractivity contribution in [3.05, 3.63) is 18.2 Å². The highest BCUT2D eigenvalue weighted by Crippen LogP contribution is 2.30. The minimum absolute atomic E-state index is 0.00263. The van der Waals surface area contributed by atoms with Crippen LogP contribution in [0.3, 0.4) is 0 Å². The third-order valence-corrected chi connectivity index (χ3v) is 2.85. The molecule has 7 heteroatoms. The predicted molar refractivity (Wildman–Crippen MR) is 66.9 cm³/mol. The van der Waals surface area contributed by atoms with E-state index in [2.05, 4.69) is 4.74 Å². The number of hydrogen-bond acceptors (Lipinski definition) is 4. The molecule has 20 heavy (non-hydrogen) atoms. The van der Waals surface area contributed by atoms with E-state index in [4.69, 9.17) is 15.2 Å². The van der Waals surface area contributed by atoms with Gasteiger partial charge in [-0.15, -0.1) is 0 Å². The van der Waals surface area contributed by atoms with Gasteiger partial charge in [-0.2, -0.15) is 13.2 Å². The van der Waals surface area contributed by atoms with Gasteiger partial charge in [0.15, 0.2) is 6.61 Å². The summed E-state index contributed by atoms with van der Waals surface area (Å²) in [7, 11) is 0. The van der Waals surface area contributed by atoms with Gasteiger partial charge in [-0.1, -0.05) is 0 Å². The molecule has 1 aliphatic rings. The summed E-state index contributed by atoms with van der Waals surface area (Å²) >= 11 is 0. The van der Waals surface area contributed by atoms with Gasteiger partial charge in [0, 0.05) is 18.9 Å². The summed E-state index contributed by atoms with van der Waals surface area (Å²) in [6, 6.07) is 4.47. The molecule has 1 saturated heterocycles. The van der Waals surface area contributed by atoms with Gasteiger partial charge >= 0.3 is 6.18 Å². The molecule has 0 amide bonds. The molecule has 0 radical (unpaired) electrons. The van der Waals surface area contributed by atoms with Crippen LogP contribution in [0.1, 0.15) is 12.8 Å². The van der Waals surface area contributed by atoms with Crippen LogP contribution in [0.5, 0.6) is 11.5 Å². The highest BCUT2D eigenvalue weighted by Gasteiger charge is 2.28. The molecule has 1 aromatic carbocycles. The lowest BCUT2D eigenvalue weighted by molar-refractivity contribution is -0.153. The fraction of sp³-hybridized carbons (Fsp3) is 0.538. The van der Waals surface area contributed by atoms with Crippen LogP contribution < -0.4 is 15.2 Å². The SMILES string of the molecule is Nc1ccc(OC2CCOCC2)cc1OCC(F)(F)F. The van der Waals surface area contributed by atoms with Gasteiger partial charge in [-0.25, -0.2) is 0 Å². The Balaban J connectivity index is 1.99. The maximum Gasteiger partial charge on any atom is 0.422 e. The lowest BCUT2D eigenvalue weighted by atomic mass is 10.1. The Morgan fingerprint density at radius 3 is 2.60 bits per heavy atom. The Hall–Kier alpha value is -1.63. The van der Waals surface area contributed by atoms with E-state index in [-0.39, 0.29) is 17.5 Å². The number of alkyl halides is 3. The number of nitrogen functional groups attached to an aromatic ring is 1. The van der Waals surface area contributed by atoms with E-state index in [1.807, 2.05) is 0 Å². The zero-order chi connectivity index (χ0) is 14.6. The van der Waals surface area contributed by atoms with Crippen LogP contribution in [-0.2, 0) is 4.74 Å². The lowest BCUT2D eigenvalue weighted by Gasteiger charge is -2.23. The molecule has 0 bridgehead atoms. The first-order valence-electron chi connectivity index (χ1n) is 6.27. The Morgan fingerprint density at radius 1 is 1.25 bits per heavy atom. The summed E-state index contributed by atoms with van der Waals surface area (Å²) in [4.78, 5) is 0. The van der Waals surface area contributed by atoms with Gasteiger partial charge in [0.25, 0.3) is 0 Å². The van der Waals surface area contributed by atoms with Crippen LogP contribution in [0.25, 0.3) is 0 Å². The Kier molecular flexibility index (Phi) is 4.59. The van der Waals surface area contributed by atoms with E-state index in [1.165, 1.54) is 12.1 Å². The number of hydrogen-bond donors (Lipinski definition) is 1. The molecule has 112 valence electrons. The number of anilines is 1. The summed E-state index contributed by atoms with van der Waals surface area (Å²) in [6.45, 7) is -0.133. The number of ether oxygens (including phenoxy) is 3. The van der Waals surface area contributed by atoms with Gasteiger partial charge in [-0.3, -0.25) is 0 Å². The largest absolute Gasteiger partial charge is 0.490 e. The predicted octanol–water partition coefficient (Wildman–Crippen LogP) is 2.77. The second kappa shape index (κ2) is 6.21. The van der Waals surface area contributed by atoms with Crippen molar-refractivity contribution in [1.29, 1.82) is 0 Å². The van der Waals surface area contributed by atoms with Crippen molar-refractivity contribution in [1.82, 2.24) is 0 Å². The first-order chi connectivity index (χ1) is 9.44. The number of benzene rings is 1. The molecule has 0 saturated carbocycles. The topological polar surface area (TPSA) is 53.7 Å². The average molecular weight is 291 g/mol. The molecule has 1 fully saturated rings.